The Morgan fingerprint density at radius 2 is 1.45 bits per heavy atom. The van der Waals surface area contributed by atoms with Crippen molar-refractivity contribution < 1.29 is 14.4 Å². The number of anilines is 1. The standard InChI is InChI=1S/C25H25N3O3/c1-17-12-14-19(15-13-17)16-26-23(29)21-10-6-7-11-22(21)28-25(31)24(30)27-18(2)20-8-4-3-5-9-20/h3-15,18H,16H2,1-2H3,(H,26,29)(H,27,30)(H,28,31)/t18-/m0/s1. The van der Waals surface area contributed by atoms with Gasteiger partial charge in [-0.2, -0.15) is 0 Å². The molecule has 3 amide bonds. The van der Waals surface area contributed by atoms with E-state index in [0.717, 1.165) is 16.7 Å². The Labute approximate surface area is 181 Å². The number of amides is 3. The summed E-state index contributed by atoms with van der Waals surface area (Å²) in [4.78, 5) is 37.4. The summed E-state index contributed by atoms with van der Waals surface area (Å²) in [7, 11) is 0. The number of benzene rings is 3. The molecule has 0 fully saturated rings. The van der Waals surface area contributed by atoms with Crippen molar-refractivity contribution in [1.82, 2.24) is 10.6 Å². The van der Waals surface area contributed by atoms with Gasteiger partial charge in [-0.1, -0.05) is 72.3 Å². The van der Waals surface area contributed by atoms with Gasteiger partial charge in [0.05, 0.1) is 17.3 Å². The van der Waals surface area contributed by atoms with Crippen molar-refractivity contribution >= 4 is 23.4 Å². The molecule has 3 aromatic rings. The molecular formula is C25H25N3O3. The fraction of sp³-hybridized carbons (Fsp3) is 0.160. The van der Waals surface area contributed by atoms with Crippen LogP contribution in [0, 0.1) is 6.92 Å². The minimum absolute atomic E-state index is 0.274. The SMILES string of the molecule is Cc1ccc(CNC(=O)c2ccccc2NC(=O)C(=O)N[C@@H](C)c2ccccc2)cc1. The summed E-state index contributed by atoms with van der Waals surface area (Å²) in [6.45, 7) is 4.15. The van der Waals surface area contributed by atoms with Crippen molar-refractivity contribution in [1.29, 1.82) is 0 Å². The highest BCUT2D eigenvalue weighted by Crippen LogP contribution is 2.16. The van der Waals surface area contributed by atoms with E-state index in [0.29, 0.717) is 6.54 Å². The molecule has 0 aromatic heterocycles. The number of carbonyl (C=O) groups excluding carboxylic acids is 3. The quantitative estimate of drug-likeness (QED) is 0.536. The van der Waals surface area contributed by atoms with E-state index in [4.69, 9.17) is 0 Å². The lowest BCUT2D eigenvalue weighted by Gasteiger charge is -2.15. The average Bonchev–Trinajstić information content (AvgIpc) is 2.79. The van der Waals surface area contributed by atoms with Crippen LogP contribution in [0.2, 0.25) is 0 Å². The van der Waals surface area contributed by atoms with E-state index in [1.165, 1.54) is 0 Å². The van der Waals surface area contributed by atoms with Crippen LogP contribution in [0.5, 0.6) is 0 Å². The molecule has 1 atom stereocenters. The maximum absolute atomic E-state index is 12.7. The van der Waals surface area contributed by atoms with Crippen LogP contribution in [0.1, 0.15) is 40.0 Å². The van der Waals surface area contributed by atoms with E-state index in [1.807, 2.05) is 61.5 Å². The van der Waals surface area contributed by atoms with Crippen molar-refractivity contribution in [2.24, 2.45) is 0 Å². The lowest BCUT2D eigenvalue weighted by atomic mass is 10.1. The van der Waals surface area contributed by atoms with Crippen LogP contribution < -0.4 is 16.0 Å². The third-order valence-corrected chi connectivity index (χ3v) is 4.85. The van der Waals surface area contributed by atoms with E-state index in [1.54, 1.807) is 31.2 Å². The van der Waals surface area contributed by atoms with Crippen molar-refractivity contribution in [3.63, 3.8) is 0 Å². The van der Waals surface area contributed by atoms with Gasteiger partial charge in [0.25, 0.3) is 5.91 Å². The number of nitrogens with one attached hydrogen (secondary N) is 3. The fourth-order valence-electron chi connectivity index (χ4n) is 3.04. The second-order valence-corrected chi connectivity index (χ2v) is 7.27. The Balaban J connectivity index is 1.62. The van der Waals surface area contributed by atoms with Crippen molar-refractivity contribution in [3.8, 4) is 0 Å². The predicted molar refractivity (Wildman–Crippen MR) is 120 cm³/mol. The molecule has 0 aliphatic heterocycles. The fourth-order valence-corrected chi connectivity index (χ4v) is 3.04. The highest BCUT2D eigenvalue weighted by Gasteiger charge is 2.19. The topological polar surface area (TPSA) is 87.3 Å². The Hall–Kier alpha value is -3.93. The number of para-hydroxylation sites is 1. The van der Waals surface area contributed by atoms with Crippen LogP contribution in [-0.2, 0) is 16.1 Å². The first kappa shape index (κ1) is 21.8. The molecule has 0 heterocycles. The minimum Gasteiger partial charge on any atom is -0.348 e. The van der Waals surface area contributed by atoms with Crippen molar-refractivity contribution in [2.75, 3.05) is 5.32 Å². The number of hydrogen-bond donors (Lipinski definition) is 3. The molecule has 31 heavy (non-hydrogen) atoms. The molecule has 0 aliphatic rings. The second kappa shape index (κ2) is 10.2. The van der Waals surface area contributed by atoms with E-state index in [-0.39, 0.29) is 23.2 Å². The van der Waals surface area contributed by atoms with Gasteiger partial charge in [-0.15, -0.1) is 0 Å². The number of aryl methyl sites for hydroxylation is 1. The zero-order valence-electron chi connectivity index (χ0n) is 17.5. The van der Waals surface area contributed by atoms with Crippen LogP contribution in [0.15, 0.2) is 78.9 Å². The summed E-state index contributed by atoms with van der Waals surface area (Å²) >= 11 is 0. The molecule has 0 aliphatic carbocycles. The van der Waals surface area contributed by atoms with Crippen LogP contribution in [0.25, 0.3) is 0 Å². The Morgan fingerprint density at radius 1 is 0.806 bits per heavy atom. The number of hydrogen-bond acceptors (Lipinski definition) is 3. The Kier molecular flexibility index (Phi) is 7.17. The lowest BCUT2D eigenvalue weighted by Crippen LogP contribution is -2.37. The number of rotatable bonds is 6. The molecule has 3 N–H and O–H groups in total. The summed E-state index contributed by atoms with van der Waals surface area (Å²) in [5, 5.41) is 8.05. The molecule has 0 spiro atoms. The normalized spacial score (nSPS) is 11.3. The lowest BCUT2D eigenvalue weighted by molar-refractivity contribution is -0.136. The molecule has 0 saturated carbocycles. The first-order valence-corrected chi connectivity index (χ1v) is 10.0. The van der Waals surface area contributed by atoms with Gasteiger partial charge in [0.1, 0.15) is 0 Å². The average molecular weight is 415 g/mol. The van der Waals surface area contributed by atoms with Gasteiger partial charge < -0.3 is 16.0 Å². The van der Waals surface area contributed by atoms with Crippen molar-refractivity contribution in [3.05, 3.63) is 101 Å². The smallest absolute Gasteiger partial charge is 0.313 e. The Bertz CT molecular complexity index is 1060. The third-order valence-electron chi connectivity index (χ3n) is 4.85. The van der Waals surface area contributed by atoms with E-state index in [2.05, 4.69) is 16.0 Å². The zero-order chi connectivity index (χ0) is 22.2. The van der Waals surface area contributed by atoms with Crippen molar-refractivity contribution in [2.45, 2.75) is 26.4 Å². The minimum atomic E-state index is -0.832. The molecular weight excluding hydrogens is 390 g/mol. The summed E-state index contributed by atoms with van der Waals surface area (Å²) < 4.78 is 0. The first-order valence-electron chi connectivity index (χ1n) is 10.0. The molecule has 158 valence electrons. The van der Waals surface area contributed by atoms with Gasteiger partial charge in [0, 0.05) is 6.54 Å². The molecule has 0 saturated heterocycles. The monoisotopic (exact) mass is 415 g/mol. The first-order chi connectivity index (χ1) is 14.9. The van der Waals surface area contributed by atoms with Gasteiger partial charge in [-0.05, 0) is 37.1 Å². The highest BCUT2D eigenvalue weighted by atomic mass is 16.2. The maximum atomic E-state index is 12.7. The van der Waals surface area contributed by atoms with E-state index >= 15 is 0 Å². The van der Waals surface area contributed by atoms with Crippen LogP contribution in [0.4, 0.5) is 5.69 Å². The van der Waals surface area contributed by atoms with Gasteiger partial charge in [0.2, 0.25) is 0 Å². The van der Waals surface area contributed by atoms with Gasteiger partial charge in [-0.25, -0.2) is 0 Å². The second-order valence-electron chi connectivity index (χ2n) is 7.27. The third kappa shape index (κ3) is 6.02. The summed E-state index contributed by atoms with van der Waals surface area (Å²) in [6, 6.07) is 23.5. The van der Waals surface area contributed by atoms with Crippen LogP contribution in [0.3, 0.4) is 0 Å². The largest absolute Gasteiger partial charge is 0.348 e. The predicted octanol–water partition coefficient (Wildman–Crippen LogP) is 3.74. The molecule has 3 rings (SSSR count). The zero-order valence-corrected chi connectivity index (χ0v) is 17.5. The molecule has 3 aromatic carbocycles. The Morgan fingerprint density at radius 3 is 2.16 bits per heavy atom. The van der Waals surface area contributed by atoms with Crippen LogP contribution in [-0.4, -0.2) is 17.7 Å². The summed E-state index contributed by atoms with van der Waals surface area (Å²) in [6.07, 6.45) is 0. The van der Waals surface area contributed by atoms with Gasteiger partial charge >= 0.3 is 11.8 Å². The maximum Gasteiger partial charge on any atom is 0.313 e. The number of carbonyl (C=O) groups is 3. The van der Waals surface area contributed by atoms with Gasteiger partial charge in [0.15, 0.2) is 0 Å². The molecule has 0 unspecified atom stereocenters. The molecule has 6 nitrogen and oxygen atoms in total. The molecule has 0 radical (unpaired) electrons. The summed E-state index contributed by atoms with van der Waals surface area (Å²) in [5.41, 5.74) is 3.56. The van der Waals surface area contributed by atoms with E-state index in [9.17, 15) is 14.4 Å². The highest BCUT2D eigenvalue weighted by molar-refractivity contribution is 6.40. The molecule has 6 heteroatoms. The van der Waals surface area contributed by atoms with E-state index < -0.39 is 11.8 Å². The van der Waals surface area contributed by atoms with Gasteiger partial charge in [-0.3, -0.25) is 14.4 Å². The molecule has 0 bridgehead atoms. The summed E-state index contributed by atoms with van der Waals surface area (Å²) in [5.74, 6) is -1.94. The van der Waals surface area contributed by atoms with Crippen LogP contribution >= 0.6 is 0 Å².